The highest BCUT2D eigenvalue weighted by molar-refractivity contribution is 9.10. The van der Waals surface area contributed by atoms with Crippen molar-refractivity contribution in [2.75, 3.05) is 11.9 Å². The molecule has 0 atom stereocenters. The third kappa shape index (κ3) is 7.11. The van der Waals surface area contributed by atoms with Crippen LogP contribution in [0.1, 0.15) is 11.1 Å². The molecule has 6 nitrogen and oxygen atoms in total. The number of carbonyl (C=O) groups is 2. The highest BCUT2D eigenvalue weighted by Crippen LogP contribution is 2.17. The van der Waals surface area contributed by atoms with E-state index in [0.717, 1.165) is 10.0 Å². The van der Waals surface area contributed by atoms with Crippen LogP contribution >= 0.6 is 15.9 Å². The van der Waals surface area contributed by atoms with E-state index in [1.54, 1.807) is 48.5 Å². The summed E-state index contributed by atoms with van der Waals surface area (Å²) < 4.78 is 6.39. The molecule has 0 aliphatic rings. The second-order valence-electron chi connectivity index (χ2n) is 6.75. The molecule has 3 aromatic carbocycles. The number of ether oxygens (including phenoxy) is 1. The second kappa shape index (κ2) is 11.5. The van der Waals surface area contributed by atoms with E-state index in [1.165, 1.54) is 6.08 Å². The summed E-state index contributed by atoms with van der Waals surface area (Å²) in [5, 5.41) is 14.8. The van der Waals surface area contributed by atoms with Gasteiger partial charge < -0.3 is 15.4 Å². The maximum atomic E-state index is 12.4. The van der Waals surface area contributed by atoms with E-state index < -0.39 is 5.91 Å². The minimum atomic E-state index is -0.495. The Morgan fingerprint density at radius 1 is 0.969 bits per heavy atom. The summed E-state index contributed by atoms with van der Waals surface area (Å²) in [5.41, 5.74) is 2.23. The molecular weight excluding hydrogens is 470 g/mol. The van der Waals surface area contributed by atoms with Crippen molar-refractivity contribution in [2.45, 2.75) is 6.54 Å². The van der Waals surface area contributed by atoms with Crippen LogP contribution in [-0.2, 0) is 16.1 Å². The minimum Gasteiger partial charge on any atom is -0.484 e. The molecule has 0 aliphatic heterocycles. The van der Waals surface area contributed by atoms with Gasteiger partial charge in [-0.3, -0.25) is 9.59 Å². The number of benzene rings is 3. The van der Waals surface area contributed by atoms with Gasteiger partial charge in [0.25, 0.3) is 11.8 Å². The average Bonchev–Trinajstić information content (AvgIpc) is 2.82. The van der Waals surface area contributed by atoms with Crippen LogP contribution in [0.2, 0.25) is 0 Å². The number of hydrogen-bond acceptors (Lipinski definition) is 4. The number of amides is 2. The summed E-state index contributed by atoms with van der Waals surface area (Å²) in [6.07, 6.45) is 1.49. The zero-order valence-electron chi connectivity index (χ0n) is 17.0. The van der Waals surface area contributed by atoms with Crippen molar-refractivity contribution in [3.8, 4) is 11.8 Å². The van der Waals surface area contributed by atoms with E-state index in [2.05, 4.69) is 26.6 Å². The summed E-state index contributed by atoms with van der Waals surface area (Å²) in [6, 6.07) is 25.4. The lowest BCUT2D eigenvalue weighted by atomic mass is 10.1. The molecule has 0 heterocycles. The standard InChI is InChI=1S/C25H20BrN3O3/c26-21-8-10-22(11-9-21)29-25(31)20(15-27)14-18-6-12-23(13-7-18)32-17-24(30)28-16-19-4-2-1-3-5-19/h1-14H,16-17H2,(H,28,30)(H,29,31)/b20-14+. The highest BCUT2D eigenvalue weighted by Gasteiger charge is 2.10. The van der Waals surface area contributed by atoms with Gasteiger partial charge in [0.15, 0.2) is 6.61 Å². The van der Waals surface area contributed by atoms with E-state index in [4.69, 9.17) is 4.74 Å². The van der Waals surface area contributed by atoms with Crippen LogP contribution in [0.15, 0.2) is 88.9 Å². The van der Waals surface area contributed by atoms with Gasteiger partial charge in [-0.15, -0.1) is 0 Å². The number of anilines is 1. The summed E-state index contributed by atoms with van der Waals surface area (Å²) in [4.78, 5) is 24.3. The summed E-state index contributed by atoms with van der Waals surface area (Å²) in [5.74, 6) is -0.214. The largest absolute Gasteiger partial charge is 0.484 e. The lowest BCUT2D eigenvalue weighted by molar-refractivity contribution is -0.123. The summed E-state index contributed by atoms with van der Waals surface area (Å²) in [7, 11) is 0. The number of carbonyl (C=O) groups excluding carboxylic acids is 2. The first-order valence-electron chi connectivity index (χ1n) is 9.76. The van der Waals surface area contributed by atoms with Crippen molar-refractivity contribution in [1.29, 1.82) is 5.26 Å². The molecule has 0 saturated heterocycles. The number of halogens is 1. The van der Waals surface area contributed by atoms with Crippen molar-refractivity contribution >= 4 is 39.5 Å². The Hall–Kier alpha value is -3.89. The quantitative estimate of drug-likeness (QED) is 0.354. The molecule has 160 valence electrons. The van der Waals surface area contributed by atoms with Gasteiger partial charge in [-0.1, -0.05) is 58.4 Å². The predicted octanol–water partition coefficient (Wildman–Crippen LogP) is 4.69. The van der Waals surface area contributed by atoms with Crippen LogP contribution in [-0.4, -0.2) is 18.4 Å². The maximum Gasteiger partial charge on any atom is 0.266 e. The van der Waals surface area contributed by atoms with Gasteiger partial charge in [0.2, 0.25) is 0 Å². The van der Waals surface area contributed by atoms with E-state index in [1.807, 2.05) is 36.4 Å². The van der Waals surface area contributed by atoms with Crippen LogP contribution in [0.25, 0.3) is 6.08 Å². The molecule has 7 heteroatoms. The Morgan fingerprint density at radius 3 is 2.31 bits per heavy atom. The second-order valence-corrected chi connectivity index (χ2v) is 7.67. The van der Waals surface area contributed by atoms with Crippen LogP contribution in [0.5, 0.6) is 5.75 Å². The fourth-order valence-electron chi connectivity index (χ4n) is 2.70. The van der Waals surface area contributed by atoms with Crippen LogP contribution in [0, 0.1) is 11.3 Å². The fraction of sp³-hybridized carbons (Fsp3) is 0.0800. The number of rotatable bonds is 8. The number of nitrogens with zero attached hydrogens (tertiary/aromatic N) is 1. The number of nitriles is 1. The molecule has 0 aliphatic carbocycles. The maximum absolute atomic E-state index is 12.4. The lowest BCUT2D eigenvalue weighted by Crippen LogP contribution is -2.28. The first-order valence-corrected chi connectivity index (χ1v) is 10.5. The molecule has 3 rings (SSSR count). The molecule has 0 radical (unpaired) electrons. The number of hydrogen-bond donors (Lipinski definition) is 2. The van der Waals surface area contributed by atoms with Gasteiger partial charge in [0.05, 0.1) is 0 Å². The van der Waals surface area contributed by atoms with Gasteiger partial charge in [-0.2, -0.15) is 5.26 Å². The predicted molar refractivity (Wildman–Crippen MR) is 127 cm³/mol. The molecule has 0 spiro atoms. The third-order valence-corrected chi connectivity index (χ3v) is 4.89. The van der Waals surface area contributed by atoms with E-state index in [0.29, 0.717) is 23.5 Å². The molecule has 2 amide bonds. The molecular formula is C25H20BrN3O3. The molecule has 0 saturated carbocycles. The van der Waals surface area contributed by atoms with Gasteiger partial charge in [-0.25, -0.2) is 0 Å². The van der Waals surface area contributed by atoms with Gasteiger partial charge in [0.1, 0.15) is 17.4 Å². The van der Waals surface area contributed by atoms with Crippen molar-refractivity contribution in [3.05, 3.63) is 100 Å². The zero-order chi connectivity index (χ0) is 22.8. The minimum absolute atomic E-state index is 0.0260. The first kappa shape index (κ1) is 22.8. The van der Waals surface area contributed by atoms with E-state index in [-0.39, 0.29) is 18.1 Å². The molecule has 2 N–H and O–H groups in total. The first-order chi connectivity index (χ1) is 15.5. The van der Waals surface area contributed by atoms with E-state index >= 15 is 0 Å². The Balaban J connectivity index is 1.52. The Bertz CT molecular complexity index is 1140. The van der Waals surface area contributed by atoms with Gasteiger partial charge >= 0.3 is 0 Å². The topological polar surface area (TPSA) is 91.2 Å². The Morgan fingerprint density at radius 2 is 1.66 bits per heavy atom. The van der Waals surface area contributed by atoms with Crippen LogP contribution in [0.4, 0.5) is 5.69 Å². The smallest absolute Gasteiger partial charge is 0.266 e. The van der Waals surface area contributed by atoms with Crippen LogP contribution < -0.4 is 15.4 Å². The average molecular weight is 490 g/mol. The summed E-state index contributed by atoms with van der Waals surface area (Å²) >= 11 is 3.33. The Kier molecular flexibility index (Phi) is 8.18. The third-order valence-electron chi connectivity index (χ3n) is 4.36. The monoisotopic (exact) mass is 489 g/mol. The number of nitrogens with one attached hydrogen (secondary N) is 2. The lowest BCUT2D eigenvalue weighted by Gasteiger charge is -2.08. The molecule has 3 aromatic rings. The Labute approximate surface area is 194 Å². The van der Waals surface area contributed by atoms with Crippen LogP contribution in [0.3, 0.4) is 0 Å². The van der Waals surface area contributed by atoms with Crippen molar-refractivity contribution in [3.63, 3.8) is 0 Å². The van der Waals surface area contributed by atoms with Crippen molar-refractivity contribution in [2.24, 2.45) is 0 Å². The SMILES string of the molecule is N#C/C(=C\c1ccc(OCC(=O)NCc2ccccc2)cc1)C(=O)Nc1ccc(Br)cc1. The van der Waals surface area contributed by atoms with Gasteiger partial charge in [0, 0.05) is 16.7 Å². The summed E-state index contributed by atoms with van der Waals surface area (Å²) in [6.45, 7) is 0.326. The molecule has 32 heavy (non-hydrogen) atoms. The van der Waals surface area contributed by atoms with Crippen molar-refractivity contribution in [1.82, 2.24) is 5.32 Å². The molecule has 0 unspecified atom stereocenters. The molecule has 0 bridgehead atoms. The molecule has 0 fully saturated rings. The zero-order valence-corrected chi connectivity index (χ0v) is 18.6. The molecule has 0 aromatic heterocycles. The van der Waals surface area contributed by atoms with Crippen molar-refractivity contribution < 1.29 is 14.3 Å². The fourth-order valence-corrected chi connectivity index (χ4v) is 2.97. The van der Waals surface area contributed by atoms with Gasteiger partial charge in [-0.05, 0) is 53.6 Å². The van der Waals surface area contributed by atoms with E-state index in [9.17, 15) is 14.9 Å². The normalized spacial score (nSPS) is 10.7. The highest BCUT2D eigenvalue weighted by atomic mass is 79.9.